The monoisotopic (exact) mass is 444 g/mol. The second kappa shape index (κ2) is 9.52. The number of hydrogen-bond donors (Lipinski definition) is 1. The molecule has 2 amide bonds. The molecule has 0 unspecified atom stereocenters. The molecule has 0 atom stereocenters. The van der Waals surface area contributed by atoms with E-state index >= 15 is 0 Å². The van der Waals surface area contributed by atoms with Crippen LogP contribution in [0, 0.1) is 17.0 Å². The molecule has 0 radical (unpaired) electrons. The summed E-state index contributed by atoms with van der Waals surface area (Å²) < 4.78 is 0. The van der Waals surface area contributed by atoms with Gasteiger partial charge in [-0.05, 0) is 37.3 Å². The third-order valence-electron chi connectivity index (χ3n) is 5.84. The number of nitro groups is 1. The summed E-state index contributed by atoms with van der Waals surface area (Å²) in [5, 5.41) is 14.0. The lowest BCUT2D eigenvalue weighted by molar-refractivity contribution is -0.385. The lowest BCUT2D eigenvalue weighted by atomic mass is 10.1. The van der Waals surface area contributed by atoms with Gasteiger partial charge in [-0.1, -0.05) is 36.4 Å². The number of nitrogens with zero attached hydrogens (tertiary/aromatic N) is 3. The molecule has 1 N–H and O–H groups in total. The lowest BCUT2D eigenvalue weighted by Crippen LogP contribution is -2.48. The van der Waals surface area contributed by atoms with Crippen LogP contribution >= 0.6 is 0 Å². The van der Waals surface area contributed by atoms with Crippen molar-refractivity contribution in [1.82, 2.24) is 4.90 Å². The molecule has 8 nitrogen and oxygen atoms in total. The van der Waals surface area contributed by atoms with Crippen molar-refractivity contribution >= 4 is 28.9 Å². The number of rotatable bonds is 5. The Balaban J connectivity index is 1.49. The van der Waals surface area contributed by atoms with Crippen molar-refractivity contribution in [3.8, 4) is 0 Å². The van der Waals surface area contributed by atoms with Crippen molar-refractivity contribution in [2.45, 2.75) is 6.92 Å². The number of nitro benzene ring substituents is 1. The zero-order chi connectivity index (χ0) is 23.4. The number of para-hydroxylation sites is 2. The number of piperazine rings is 1. The van der Waals surface area contributed by atoms with Gasteiger partial charge in [0.25, 0.3) is 17.5 Å². The van der Waals surface area contributed by atoms with Crippen molar-refractivity contribution in [2.75, 3.05) is 36.4 Å². The second-order valence-electron chi connectivity index (χ2n) is 7.82. The number of amides is 2. The van der Waals surface area contributed by atoms with Crippen LogP contribution in [-0.4, -0.2) is 47.8 Å². The van der Waals surface area contributed by atoms with Gasteiger partial charge in [-0.2, -0.15) is 0 Å². The average Bonchev–Trinajstić information content (AvgIpc) is 2.84. The zero-order valence-corrected chi connectivity index (χ0v) is 18.2. The zero-order valence-electron chi connectivity index (χ0n) is 18.2. The van der Waals surface area contributed by atoms with Crippen molar-refractivity contribution in [3.05, 3.63) is 99.6 Å². The fourth-order valence-electron chi connectivity index (χ4n) is 4.01. The number of hydrogen-bond acceptors (Lipinski definition) is 5. The number of anilines is 2. The van der Waals surface area contributed by atoms with E-state index in [0.717, 1.165) is 18.8 Å². The molecule has 0 aliphatic carbocycles. The predicted molar refractivity (Wildman–Crippen MR) is 127 cm³/mol. The summed E-state index contributed by atoms with van der Waals surface area (Å²) in [4.78, 5) is 40.9. The Morgan fingerprint density at radius 2 is 1.48 bits per heavy atom. The molecule has 1 aliphatic rings. The molecule has 3 aromatic rings. The Labute approximate surface area is 191 Å². The molecular weight excluding hydrogens is 420 g/mol. The van der Waals surface area contributed by atoms with E-state index in [4.69, 9.17) is 0 Å². The molecule has 0 spiro atoms. The standard InChI is InChI=1S/C25H24N4O4/c1-18-20(11-7-13-23(18)29(32)33)24(30)26-22-12-6-5-10-21(22)25(31)28-16-14-27(15-17-28)19-8-3-2-4-9-19/h2-13H,14-17H2,1H3,(H,26,30). The van der Waals surface area contributed by atoms with Crippen LogP contribution in [0.1, 0.15) is 26.3 Å². The van der Waals surface area contributed by atoms with E-state index in [1.807, 2.05) is 18.2 Å². The van der Waals surface area contributed by atoms with Crippen LogP contribution in [0.5, 0.6) is 0 Å². The Morgan fingerprint density at radius 1 is 0.848 bits per heavy atom. The van der Waals surface area contributed by atoms with Gasteiger partial charge in [-0.3, -0.25) is 19.7 Å². The summed E-state index contributed by atoms with van der Waals surface area (Å²) in [6, 6.07) is 21.3. The first-order valence-electron chi connectivity index (χ1n) is 10.7. The van der Waals surface area contributed by atoms with Gasteiger partial charge in [-0.25, -0.2) is 0 Å². The number of benzene rings is 3. The summed E-state index contributed by atoms with van der Waals surface area (Å²) in [5.41, 5.74) is 2.25. The van der Waals surface area contributed by atoms with Crippen LogP contribution in [0.15, 0.2) is 72.8 Å². The van der Waals surface area contributed by atoms with Gasteiger partial charge in [0.05, 0.1) is 16.2 Å². The highest BCUT2D eigenvalue weighted by atomic mass is 16.6. The largest absolute Gasteiger partial charge is 0.368 e. The fourth-order valence-corrected chi connectivity index (χ4v) is 4.01. The van der Waals surface area contributed by atoms with Gasteiger partial charge in [0.2, 0.25) is 0 Å². The van der Waals surface area contributed by atoms with Crippen molar-refractivity contribution in [2.24, 2.45) is 0 Å². The minimum Gasteiger partial charge on any atom is -0.368 e. The van der Waals surface area contributed by atoms with Gasteiger partial charge in [0.1, 0.15) is 0 Å². The third kappa shape index (κ3) is 4.69. The van der Waals surface area contributed by atoms with Crippen LogP contribution < -0.4 is 10.2 Å². The van der Waals surface area contributed by atoms with E-state index in [1.165, 1.54) is 25.1 Å². The Kier molecular flexibility index (Phi) is 6.35. The number of carbonyl (C=O) groups is 2. The lowest BCUT2D eigenvalue weighted by Gasteiger charge is -2.36. The highest BCUT2D eigenvalue weighted by Gasteiger charge is 2.25. The molecule has 1 aliphatic heterocycles. The summed E-state index contributed by atoms with van der Waals surface area (Å²) in [7, 11) is 0. The smallest absolute Gasteiger partial charge is 0.273 e. The molecule has 8 heteroatoms. The van der Waals surface area contributed by atoms with E-state index in [2.05, 4.69) is 22.3 Å². The first-order chi connectivity index (χ1) is 16.0. The van der Waals surface area contributed by atoms with Gasteiger partial charge >= 0.3 is 0 Å². The van der Waals surface area contributed by atoms with Crippen LogP contribution in [0.4, 0.5) is 17.1 Å². The predicted octanol–water partition coefficient (Wildman–Crippen LogP) is 4.12. The molecule has 0 saturated carbocycles. The quantitative estimate of drug-likeness (QED) is 0.472. The van der Waals surface area contributed by atoms with Crippen LogP contribution in [0.2, 0.25) is 0 Å². The number of carbonyl (C=O) groups excluding carboxylic acids is 2. The molecule has 0 bridgehead atoms. The molecule has 4 rings (SSSR count). The minimum atomic E-state index is -0.515. The van der Waals surface area contributed by atoms with E-state index in [-0.39, 0.29) is 22.7 Å². The fraction of sp³-hybridized carbons (Fsp3) is 0.200. The maximum atomic E-state index is 13.3. The summed E-state index contributed by atoms with van der Waals surface area (Å²) in [6.45, 7) is 4.12. The van der Waals surface area contributed by atoms with Crippen LogP contribution in [0.25, 0.3) is 0 Å². The molecule has 168 valence electrons. The Bertz CT molecular complexity index is 1190. The summed E-state index contributed by atoms with van der Waals surface area (Å²) in [5.74, 6) is -0.653. The van der Waals surface area contributed by atoms with Crippen molar-refractivity contribution in [1.29, 1.82) is 0 Å². The second-order valence-corrected chi connectivity index (χ2v) is 7.82. The van der Waals surface area contributed by atoms with Gasteiger partial charge < -0.3 is 15.1 Å². The van der Waals surface area contributed by atoms with Crippen molar-refractivity contribution in [3.63, 3.8) is 0 Å². The van der Waals surface area contributed by atoms with Crippen LogP contribution in [-0.2, 0) is 0 Å². The summed E-state index contributed by atoms with van der Waals surface area (Å²) >= 11 is 0. The molecule has 1 heterocycles. The topological polar surface area (TPSA) is 95.8 Å². The molecule has 1 saturated heterocycles. The van der Waals surface area contributed by atoms with Crippen LogP contribution in [0.3, 0.4) is 0 Å². The SMILES string of the molecule is Cc1c(C(=O)Nc2ccccc2C(=O)N2CCN(c3ccccc3)CC2)cccc1[N+](=O)[O-]. The third-order valence-corrected chi connectivity index (χ3v) is 5.84. The highest BCUT2D eigenvalue weighted by molar-refractivity contribution is 6.10. The Morgan fingerprint density at radius 3 is 2.18 bits per heavy atom. The first-order valence-corrected chi connectivity index (χ1v) is 10.7. The van der Waals surface area contributed by atoms with Crippen molar-refractivity contribution < 1.29 is 14.5 Å². The molecule has 33 heavy (non-hydrogen) atoms. The number of nitrogens with one attached hydrogen (secondary N) is 1. The minimum absolute atomic E-state index is 0.122. The van der Waals surface area contributed by atoms with Gasteiger partial charge in [-0.15, -0.1) is 0 Å². The van der Waals surface area contributed by atoms with E-state index in [0.29, 0.717) is 24.3 Å². The van der Waals surface area contributed by atoms with Gasteiger partial charge in [0, 0.05) is 49.1 Å². The first kappa shape index (κ1) is 22.0. The average molecular weight is 444 g/mol. The van der Waals surface area contributed by atoms with E-state index in [9.17, 15) is 19.7 Å². The molecule has 3 aromatic carbocycles. The van der Waals surface area contributed by atoms with E-state index < -0.39 is 10.8 Å². The molecule has 0 aromatic heterocycles. The maximum Gasteiger partial charge on any atom is 0.273 e. The van der Waals surface area contributed by atoms with E-state index in [1.54, 1.807) is 29.2 Å². The Hall–Kier alpha value is -4.20. The highest BCUT2D eigenvalue weighted by Crippen LogP contribution is 2.24. The normalized spacial score (nSPS) is 13.5. The van der Waals surface area contributed by atoms with Gasteiger partial charge in [0.15, 0.2) is 0 Å². The maximum absolute atomic E-state index is 13.3. The molecule has 1 fully saturated rings. The summed E-state index contributed by atoms with van der Waals surface area (Å²) in [6.07, 6.45) is 0. The molecular formula is C25H24N4O4.